The van der Waals surface area contributed by atoms with E-state index in [1.54, 1.807) is 17.5 Å². The maximum absolute atomic E-state index is 4.61. The van der Waals surface area contributed by atoms with Crippen LogP contribution in [-0.4, -0.2) is 21.5 Å². The molecule has 0 aliphatic heterocycles. The van der Waals surface area contributed by atoms with Gasteiger partial charge in [-0.25, -0.2) is 15.0 Å². The molecule has 0 aromatic carbocycles. The van der Waals surface area contributed by atoms with Crippen molar-refractivity contribution in [3.05, 3.63) is 29.2 Å². The van der Waals surface area contributed by atoms with Crippen LogP contribution in [0.2, 0.25) is 0 Å². The molecule has 90 valence electrons. The number of thiazole rings is 1. The Morgan fingerprint density at radius 2 is 2.24 bits per heavy atom. The van der Waals surface area contributed by atoms with Crippen LogP contribution in [0.4, 0.5) is 0 Å². The minimum absolute atomic E-state index is 0.285. The molecular weight excluding hydrogens is 232 g/mol. The summed E-state index contributed by atoms with van der Waals surface area (Å²) in [6.07, 6.45) is 1.77. The standard InChI is InChI=1S/C12H16N4S/c1-4-13-8(2)11-7-17-12(16-11)10-5-6-14-9(3)15-10/h5-8,13H,4H2,1-3H3. The van der Waals surface area contributed by atoms with Crippen molar-refractivity contribution in [3.63, 3.8) is 0 Å². The van der Waals surface area contributed by atoms with Crippen LogP contribution in [0.25, 0.3) is 10.7 Å². The van der Waals surface area contributed by atoms with Gasteiger partial charge in [-0.1, -0.05) is 6.92 Å². The topological polar surface area (TPSA) is 50.7 Å². The molecular formula is C12H16N4S. The van der Waals surface area contributed by atoms with Crippen LogP contribution in [0.1, 0.15) is 31.4 Å². The molecule has 0 aliphatic carbocycles. The molecule has 1 unspecified atom stereocenters. The van der Waals surface area contributed by atoms with Gasteiger partial charge < -0.3 is 5.32 Å². The molecule has 2 rings (SSSR count). The molecule has 0 saturated heterocycles. The third-order valence-electron chi connectivity index (χ3n) is 2.47. The summed E-state index contributed by atoms with van der Waals surface area (Å²) in [5, 5.41) is 6.39. The van der Waals surface area contributed by atoms with Crippen LogP contribution >= 0.6 is 11.3 Å². The molecule has 2 heterocycles. The summed E-state index contributed by atoms with van der Waals surface area (Å²) in [5.74, 6) is 0.777. The number of nitrogens with zero attached hydrogens (tertiary/aromatic N) is 3. The zero-order chi connectivity index (χ0) is 12.3. The van der Waals surface area contributed by atoms with Gasteiger partial charge in [0.1, 0.15) is 16.5 Å². The SMILES string of the molecule is CCNC(C)c1csc(-c2ccnc(C)n2)n1. The van der Waals surface area contributed by atoms with Crippen molar-refractivity contribution >= 4 is 11.3 Å². The van der Waals surface area contributed by atoms with Gasteiger partial charge in [-0.05, 0) is 26.5 Å². The predicted octanol–water partition coefficient (Wildman–Crippen LogP) is 2.58. The summed E-state index contributed by atoms with van der Waals surface area (Å²) in [6, 6.07) is 2.18. The van der Waals surface area contributed by atoms with Crippen LogP contribution in [0.5, 0.6) is 0 Å². The maximum Gasteiger partial charge on any atom is 0.142 e. The highest BCUT2D eigenvalue weighted by Gasteiger charge is 2.10. The van der Waals surface area contributed by atoms with Crippen LogP contribution in [0.15, 0.2) is 17.6 Å². The monoisotopic (exact) mass is 248 g/mol. The molecule has 1 N–H and O–H groups in total. The lowest BCUT2D eigenvalue weighted by Crippen LogP contribution is -2.17. The molecule has 2 aromatic rings. The van der Waals surface area contributed by atoms with Crippen LogP contribution < -0.4 is 5.32 Å². The Balaban J connectivity index is 2.23. The summed E-state index contributed by atoms with van der Waals surface area (Å²) in [4.78, 5) is 13.1. The van der Waals surface area contributed by atoms with Crippen LogP contribution in [0, 0.1) is 6.92 Å². The molecule has 5 heteroatoms. The second kappa shape index (κ2) is 5.33. The second-order valence-corrected chi connectivity index (χ2v) is 4.70. The van der Waals surface area contributed by atoms with Gasteiger partial charge in [-0.2, -0.15) is 0 Å². The van der Waals surface area contributed by atoms with Crippen LogP contribution in [-0.2, 0) is 0 Å². The van der Waals surface area contributed by atoms with Gasteiger partial charge in [0.25, 0.3) is 0 Å². The number of rotatable bonds is 4. The van der Waals surface area contributed by atoms with E-state index in [1.165, 1.54) is 0 Å². The van der Waals surface area contributed by atoms with E-state index < -0.39 is 0 Å². The van der Waals surface area contributed by atoms with Crippen molar-refractivity contribution in [1.29, 1.82) is 0 Å². The summed E-state index contributed by atoms with van der Waals surface area (Å²) < 4.78 is 0. The summed E-state index contributed by atoms with van der Waals surface area (Å²) >= 11 is 1.62. The van der Waals surface area contributed by atoms with Gasteiger partial charge in [-0.15, -0.1) is 11.3 Å². The van der Waals surface area contributed by atoms with Crippen molar-refractivity contribution in [3.8, 4) is 10.7 Å². The first-order valence-electron chi connectivity index (χ1n) is 5.69. The molecule has 0 aliphatic rings. The number of aryl methyl sites for hydroxylation is 1. The zero-order valence-corrected chi connectivity index (χ0v) is 11.1. The Morgan fingerprint density at radius 1 is 1.41 bits per heavy atom. The molecule has 0 fully saturated rings. The van der Waals surface area contributed by atoms with E-state index in [4.69, 9.17) is 0 Å². The minimum atomic E-state index is 0.285. The first kappa shape index (κ1) is 12.1. The van der Waals surface area contributed by atoms with Gasteiger partial charge in [0.05, 0.1) is 5.69 Å². The minimum Gasteiger partial charge on any atom is -0.309 e. The number of hydrogen-bond donors (Lipinski definition) is 1. The third kappa shape index (κ3) is 2.87. The van der Waals surface area contributed by atoms with E-state index in [9.17, 15) is 0 Å². The molecule has 0 radical (unpaired) electrons. The fraction of sp³-hybridized carbons (Fsp3) is 0.417. The van der Waals surface area contributed by atoms with E-state index in [0.717, 1.165) is 28.8 Å². The zero-order valence-electron chi connectivity index (χ0n) is 10.3. The average Bonchev–Trinajstić information content (AvgIpc) is 2.78. The fourth-order valence-corrected chi connectivity index (χ4v) is 2.47. The van der Waals surface area contributed by atoms with E-state index in [1.807, 2.05) is 13.0 Å². The summed E-state index contributed by atoms with van der Waals surface area (Å²) in [7, 11) is 0. The molecule has 17 heavy (non-hydrogen) atoms. The van der Waals surface area contributed by atoms with Gasteiger partial charge in [0.15, 0.2) is 0 Å². The van der Waals surface area contributed by atoms with Crippen molar-refractivity contribution in [1.82, 2.24) is 20.3 Å². The Labute approximate surface area is 105 Å². The number of aromatic nitrogens is 3. The number of hydrogen-bond acceptors (Lipinski definition) is 5. The Bertz CT molecular complexity index is 495. The summed E-state index contributed by atoms with van der Waals surface area (Å²) in [6.45, 7) is 7.05. The fourth-order valence-electron chi connectivity index (χ4n) is 1.59. The lowest BCUT2D eigenvalue weighted by atomic mass is 10.2. The first-order valence-corrected chi connectivity index (χ1v) is 6.57. The van der Waals surface area contributed by atoms with Gasteiger partial charge in [0, 0.05) is 17.6 Å². The van der Waals surface area contributed by atoms with Crippen molar-refractivity contribution in [2.45, 2.75) is 26.8 Å². The highest BCUT2D eigenvalue weighted by molar-refractivity contribution is 7.13. The van der Waals surface area contributed by atoms with E-state index >= 15 is 0 Å². The maximum atomic E-state index is 4.61. The Hall–Kier alpha value is -1.33. The third-order valence-corrected chi connectivity index (χ3v) is 3.35. The molecule has 0 saturated carbocycles. The molecule has 0 bridgehead atoms. The lowest BCUT2D eigenvalue weighted by Gasteiger charge is -2.08. The van der Waals surface area contributed by atoms with Crippen molar-refractivity contribution in [2.24, 2.45) is 0 Å². The molecule has 4 nitrogen and oxygen atoms in total. The average molecular weight is 248 g/mol. The highest BCUT2D eigenvalue weighted by atomic mass is 32.1. The van der Waals surface area contributed by atoms with E-state index in [-0.39, 0.29) is 6.04 Å². The largest absolute Gasteiger partial charge is 0.309 e. The van der Waals surface area contributed by atoms with E-state index in [0.29, 0.717) is 0 Å². The quantitative estimate of drug-likeness (QED) is 0.903. The van der Waals surface area contributed by atoms with E-state index in [2.05, 4.69) is 39.5 Å². The highest BCUT2D eigenvalue weighted by Crippen LogP contribution is 2.24. The van der Waals surface area contributed by atoms with Crippen molar-refractivity contribution in [2.75, 3.05) is 6.54 Å². The van der Waals surface area contributed by atoms with Gasteiger partial charge in [-0.3, -0.25) is 0 Å². The normalized spacial score (nSPS) is 12.6. The molecule has 0 amide bonds. The smallest absolute Gasteiger partial charge is 0.142 e. The first-order chi connectivity index (χ1) is 8.20. The second-order valence-electron chi connectivity index (χ2n) is 3.85. The molecule has 1 atom stereocenters. The summed E-state index contributed by atoms with van der Waals surface area (Å²) in [5.41, 5.74) is 1.97. The van der Waals surface area contributed by atoms with Gasteiger partial charge >= 0.3 is 0 Å². The lowest BCUT2D eigenvalue weighted by molar-refractivity contribution is 0.586. The van der Waals surface area contributed by atoms with Crippen LogP contribution in [0.3, 0.4) is 0 Å². The Kier molecular flexibility index (Phi) is 3.81. The van der Waals surface area contributed by atoms with Crippen molar-refractivity contribution < 1.29 is 0 Å². The Morgan fingerprint density at radius 3 is 2.94 bits per heavy atom. The predicted molar refractivity (Wildman–Crippen MR) is 70.0 cm³/mol. The molecule has 0 spiro atoms. The molecule has 2 aromatic heterocycles. The number of nitrogens with one attached hydrogen (secondary N) is 1. The van der Waals surface area contributed by atoms with Gasteiger partial charge in [0.2, 0.25) is 0 Å².